The number of nitrogens with one attached hydrogen (secondary N) is 1. The maximum absolute atomic E-state index is 13.5. The lowest BCUT2D eigenvalue weighted by atomic mass is 9.83. The minimum absolute atomic E-state index is 0.450. The van der Waals surface area contributed by atoms with Crippen LogP contribution in [0.15, 0.2) is 90.0 Å². The molecule has 0 atom stereocenters. The smallest absolute Gasteiger partial charge is 0.346 e. The first-order valence-corrected chi connectivity index (χ1v) is 10.2. The molecule has 31 heavy (non-hydrogen) atoms. The summed E-state index contributed by atoms with van der Waals surface area (Å²) in [5.74, 6) is 0.315. The molecule has 1 aliphatic rings. The average Bonchev–Trinajstić information content (AvgIpc) is 3.08. The van der Waals surface area contributed by atoms with E-state index in [0.29, 0.717) is 17.7 Å². The van der Waals surface area contributed by atoms with E-state index in [4.69, 9.17) is 4.74 Å². The fourth-order valence-corrected chi connectivity index (χ4v) is 3.55. The summed E-state index contributed by atoms with van der Waals surface area (Å²) in [5, 5.41) is 7.96. The average molecular weight is 413 g/mol. The third kappa shape index (κ3) is 3.92. The maximum atomic E-state index is 13.5. The van der Waals surface area contributed by atoms with E-state index in [9.17, 15) is 9.59 Å². The summed E-state index contributed by atoms with van der Waals surface area (Å²) in [5.41, 5.74) is 0.778. The zero-order valence-electron chi connectivity index (χ0n) is 17.2. The summed E-state index contributed by atoms with van der Waals surface area (Å²) in [6.45, 7) is 2.70. The van der Waals surface area contributed by atoms with Crippen molar-refractivity contribution in [2.24, 2.45) is 5.10 Å². The summed E-state index contributed by atoms with van der Waals surface area (Å²) in [7, 11) is 0. The van der Waals surface area contributed by atoms with Crippen molar-refractivity contribution in [3.8, 4) is 5.75 Å². The van der Waals surface area contributed by atoms with Crippen LogP contribution in [0.4, 0.5) is 4.79 Å². The molecule has 6 nitrogen and oxygen atoms in total. The monoisotopic (exact) mass is 413 g/mol. The molecule has 0 aromatic heterocycles. The summed E-state index contributed by atoms with van der Waals surface area (Å²) in [6, 6.07) is 25.2. The zero-order valence-corrected chi connectivity index (χ0v) is 17.2. The molecular formula is C25H23N3O3. The number of hydrogen-bond acceptors (Lipinski definition) is 4. The lowest BCUT2D eigenvalue weighted by molar-refractivity contribution is -0.130. The molecule has 3 amide bonds. The highest BCUT2D eigenvalue weighted by atomic mass is 16.5. The molecule has 0 unspecified atom stereocenters. The molecule has 1 heterocycles. The van der Waals surface area contributed by atoms with Crippen LogP contribution in [0, 0.1) is 0 Å². The number of imide groups is 1. The molecule has 1 fully saturated rings. The van der Waals surface area contributed by atoms with E-state index in [2.05, 4.69) is 10.4 Å². The van der Waals surface area contributed by atoms with E-state index in [1.165, 1.54) is 6.21 Å². The van der Waals surface area contributed by atoms with E-state index in [1.807, 2.05) is 91.9 Å². The van der Waals surface area contributed by atoms with Crippen LogP contribution in [0.5, 0.6) is 5.75 Å². The first-order valence-electron chi connectivity index (χ1n) is 10.2. The van der Waals surface area contributed by atoms with Crippen LogP contribution >= 0.6 is 0 Å². The minimum atomic E-state index is -1.32. The van der Waals surface area contributed by atoms with Gasteiger partial charge in [-0.3, -0.25) is 4.79 Å². The van der Waals surface area contributed by atoms with Crippen molar-refractivity contribution in [2.75, 3.05) is 6.61 Å². The Morgan fingerprint density at radius 2 is 1.48 bits per heavy atom. The number of urea groups is 1. The third-order valence-electron chi connectivity index (χ3n) is 5.09. The SMILES string of the molecule is CCCOc1ccc(/C=N\N2C(=O)NC(c3ccccc3)(c3ccccc3)C2=O)cc1. The molecular weight excluding hydrogens is 390 g/mol. The van der Waals surface area contributed by atoms with Crippen LogP contribution in [0.1, 0.15) is 30.0 Å². The van der Waals surface area contributed by atoms with Gasteiger partial charge in [0, 0.05) is 0 Å². The molecule has 0 aliphatic carbocycles. The number of benzene rings is 3. The van der Waals surface area contributed by atoms with Gasteiger partial charge in [0.25, 0.3) is 5.91 Å². The molecule has 1 aliphatic heterocycles. The van der Waals surface area contributed by atoms with E-state index in [-0.39, 0.29) is 0 Å². The largest absolute Gasteiger partial charge is 0.494 e. The van der Waals surface area contributed by atoms with Gasteiger partial charge in [-0.1, -0.05) is 67.6 Å². The summed E-state index contributed by atoms with van der Waals surface area (Å²) >= 11 is 0. The van der Waals surface area contributed by atoms with Crippen LogP contribution in [-0.2, 0) is 10.3 Å². The molecule has 1 saturated heterocycles. The molecule has 156 valence electrons. The number of amides is 3. The van der Waals surface area contributed by atoms with Gasteiger partial charge in [0.2, 0.25) is 0 Å². The maximum Gasteiger partial charge on any atom is 0.346 e. The quantitative estimate of drug-likeness (QED) is 0.464. The minimum Gasteiger partial charge on any atom is -0.494 e. The molecule has 0 saturated carbocycles. The Bertz CT molecular complexity index is 1040. The van der Waals surface area contributed by atoms with Gasteiger partial charge in [-0.2, -0.15) is 5.10 Å². The molecule has 3 aromatic carbocycles. The summed E-state index contributed by atoms with van der Waals surface area (Å²) in [6.07, 6.45) is 2.42. The van der Waals surface area contributed by atoms with Crippen LogP contribution in [-0.4, -0.2) is 29.8 Å². The summed E-state index contributed by atoms with van der Waals surface area (Å²) in [4.78, 5) is 26.3. The standard InChI is InChI=1S/C25H23N3O3/c1-2-17-31-22-15-13-19(14-16-22)18-26-28-23(29)25(27-24(28)30,20-9-5-3-6-10-20)21-11-7-4-8-12-21/h3-16,18H,2,17H2,1H3,(H,27,30)/b26-18-. The highest BCUT2D eigenvalue weighted by Gasteiger charge is 2.54. The van der Waals surface area contributed by atoms with Crippen molar-refractivity contribution in [3.05, 3.63) is 102 Å². The van der Waals surface area contributed by atoms with Gasteiger partial charge in [0.1, 0.15) is 5.75 Å². The second kappa shape index (κ2) is 8.83. The Morgan fingerprint density at radius 3 is 2.03 bits per heavy atom. The Labute approximate surface area is 181 Å². The fraction of sp³-hybridized carbons (Fsp3) is 0.160. The van der Waals surface area contributed by atoms with E-state index in [0.717, 1.165) is 22.7 Å². The molecule has 0 spiro atoms. The normalized spacial score (nSPS) is 15.3. The second-order valence-corrected chi connectivity index (χ2v) is 7.19. The van der Waals surface area contributed by atoms with Crippen molar-refractivity contribution >= 4 is 18.2 Å². The lowest BCUT2D eigenvalue weighted by Crippen LogP contribution is -2.44. The van der Waals surface area contributed by atoms with Gasteiger partial charge in [-0.05, 0) is 47.4 Å². The zero-order chi connectivity index (χ0) is 21.7. The molecule has 6 heteroatoms. The van der Waals surface area contributed by atoms with Gasteiger partial charge in [0.15, 0.2) is 5.54 Å². The van der Waals surface area contributed by atoms with Crippen LogP contribution < -0.4 is 10.1 Å². The molecule has 3 aromatic rings. The number of carbonyl (C=O) groups is 2. The predicted octanol–water partition coefficient (Wildman–Crippen LogP) is 4.30. The van der Waals surface area contributed by atoms with Gasteiger partial charge in [-0.25, -0.2) is 4.79 Å². The molecule has 4 rings (SSSR count). The lowest BCUT2D eigenvalue weighted by Gasteiger charge is -2.27. The van der Waals surface area contributed by atoms with Gasteiger partial charge >= 0.3 is 6.03 Å². The fourth-order valence-electron chi connectivity index (χ4n) is 3.55. The second-order valence-electron chi connectivity index (χ2n) is 7.19. The molecule has 0 bridgehead atoms. The topological polar surface area (TPSA) is 71.0 Å². The number of carbonyl (C=O) groups excluding carboxylic acids is 2. The van der Waals surface area contributed by atoms with Crippen molar-refractivity contribution in [1.29, 1.82) is 0 Å². The first-order chi connectivity index (χ1) is 15.1. The number of nitrogens with zero attached hydrogens (tertiary/aromatic N) is 2. The van der Waals surface area contributed by atoms with Crippen LogP contribution in [0.2, 0.25) is 0 Å². The molecule has 0 radical (unpaired) electrons. The summed E-state index contributed by atoms with van der Waals surface area (Å²) < 4.78 is 5.57. The van der Waals surface area contributed by atoms with Gasteiger partial charge in [-0.15, -0.1) is 5.01 Å². The first kappa shape index (κ1) is 20.3. The van der Waals surface area contributed by atoms with Crippen LogP contribution in [0.3, 0.4) is 0 Å². The Kier molecular flexibility index (Phi) is 5.80. The Hall–Kier alpha value is -3.93. The number of hydrogen-bond donors (Lipinski definition) is 1. The Balaban J connectivity index is 1.64. The number of rotatable bonds is 7. The van der Waals surface area contributed by atoms with E-state index >= 15 is 0 Å². The van der Waals surface area contributed by atoms with E-state index < -0.39 is 17.5 Å². The van der Waals surface area contributed by atoms with Gasteiger partial charge < -0.3 is 10.1 Å². The van der Waals surface area contributed by atoms with Crippen LogP contribution in [0.25, 0.3) is 0 Å². The number of hydrazone groups is 1. The highest BCUT2D eigenvalue weighted by Crippen LogP contribution is 2.36. The predicted molar refractivity (Wildman–Crippen MR) is 119 cm³/mol. The molecule has 1 N–H and O–H groups in total. The highest BCUT2D eigenvalue weighted by molar-refractivity contribution is 6.09. The van der Waals surface area contributed by atoms with Crippen molar-refractivity contribution < 1.29 is 14.3 Å². The third-order valence-corrected chi connectivity index (χ3v) is 5.09. The van der Waals surface area contributed by atoms with Crippen molar-refractivity contribution in [3.63, 3.8) is 0 Å². The van der Waals surface area contributed by atoms with Gasteiger partial charge in [0.05, 0.1) is 12.8 Å². The number of ether oxygens (including phenoxy) is 1. The van der Waals surface area contributed by atoms with Crippen molar-refractivity contribution in [1.82, 2.24) is 10.3 Å². The van der Waals surface area contributed by atoms with E-state index in [1.54, 1.807) is 0 Å². The van der Waals surface area contributed by atoms with Crippen molar-refractivity contribution in [2.45, 2.75) is 18.9 Å². The Morgan fingerprint density at radius 1 is 0.903 bits per heavy atom.